The SMILES string of the molecule is Cc1cnc(Sc2ccc(CO)cc2F)nc1. The van der Waals surface area contributed by atoms with Gasteiger partial charge in [0.1, 0.15) is 5.82 Å². The molecule has 17 heavy (non-hydrogen) atoms. The van der Waals surface area contributed by atoms with E-state index in [0.717, 1.165) is 17.3 Å². The molecule has 1 N–H and O–H groups in total. The van der Waals surface area contributed by atoms with Crippen molar-refractivity contribution < 1.29 is 9.50 Å². The number of hydrogen-bond donors (Lipinski definition) is 1. The first-order valence-corrected chi connectivity index (χ1v) is 5.86. The summed E-state index contributed by atoms with van der Waals surface area (Å²) in [6.07, 6.45) is 3.38. The lowest BCUT2D eigenvalue weighted by Crippen LogP contribution is -1.90. The van der Waals surface area contributed by atoms with Crippen molar-refractivity contribution in [2.75, 3.05) is 0 Å². The molecule has 3 nitrogen and oxygen atoms in total. The van der Waals surface area contributed by atoms with Gasteiger partial charge in [0, 0.05) is 12.4 Å². The van der Waals surface area contributed by atoms with Crippen LogP contribution in [0.1, 0.15) is 11.1 Å². The van der Waals surface area contributed by atoms with Crippen molar-refractivity contribution in [3.8, 4) is 0 Å². The van der Waals surface area contributed by atoms with Gasteiger partial charge in [-0.25, -0.2) is 14.4 Å². The second kappa shape index (κ2) is 5.25. The molecule has 0 amide bonds. The van der Waals surface area contributed by atoms with Gasteiger partial charge >= 0.3 is 0 Å². The van der Waals surface area contributed by atoms with Crippen molar-refractivity contribution in [2.45, 2.75) is 23.6 Å². The molecular formula is C12H11FN2OS. The molecular weight excluding hydrogens is 239 g/mol. The highest BCUT2D eigenvalue weighted by atomic mass is 32.2. The summed E-state index contributed by atoms with van der Waals surface area (Å²) in [5.74, 6) is -0.370. The van der Waals surface area contributed by atoms with E-state index < -0.39 is 0 Å². The first kappa shape index (κ1) is 12.0. The number of benzene rings is 1. The molecule has 1 heterocycles. The molecule has 2 aromatic rings. The van der Waals surface area contributed by atoms with E-state index in [1.54, 1.807) is 24.5 Å². The monoisotopic (exact) mass is 250 g/mol. The smallest absolute Gasteiger partial charge is 0.192 e. The molecule has 2 rings (SSSR count). The average molecular weight is 250 g/mol. The summed E-state index contributed by atoms with van der Waals surface area (Å²) in [4.78, 5) is 8.64. The maximum atomic E-state index is 13.6. The third kappa shape index (κ3) is 3.01. The van der Waals surface area contributed by atoms with Crippen LogP contribution in [0.5, 0.6) is 0 Å². The minimum absolute atomic E-state index is 0.164. The van der Waals surface area contributed by atoms with Crippen molar-refractivity contribution in [2.24, 2.45) is 0 Å². The first-order valence-electron chi connectivity index (χ1n) is 5.05. The molecule has 0 atom stereocenters. The highest BCUT2D eigenvalue weighted by Gasteiger charge is 2.07. The average Bonchev–Trinajstić information content (AvgIpc) is 2.34. The Bertz CT molecular complexity index is 516. The summed E-state index contributed by atoms with van der Waals surface area (Å²) in [6.45, 7) is 1.73. The number of rotatable bonds is 3. The van der Waals surface area contributed by atoms with Crippen molar-refractivity contribution in [1.29, 1.82) is 0 Å². The Kier molecular flexibility index (Phi) is 3.71. The molecule has 0 bridgehead atoms. The number of nitrogens with zero attached hydrogens (tertiary/aromatic N) is 2. The fraction of sp³-hybridized carbons (Fsp3) is 0.167. The van der Waals surface area contributed by atoms with E-state index in [0.29, 0.717) is 15.6 Å². The summed E-state index contributed by atoms with van der Waals surface area (Å²) < 4.78 is 13.6. The Morgan fingerprint density at radius 1 is 1.29 bits per heavy atom. The van der Waals surface area contributed by atoms with Crippen molar-refractivity contribution >= 4 is 11.8 Å². The second-order valence-corrected chi connectivity index (χ2v) is 4.58. The minimum Gasteiger partial charge on any atom is -0.392 e. The van der Waals surface area contributed by atoms with Crippen LogP contribution in [0.15, 0.2) is 40.6 Å². The Labute approximate surface area is 103 Å². The Morgan fingerprint density at radius 2 is 2.00 bits per heavy atom. The third-order valence-corrected chi connectivity index (χ3v) is 3.08. The molecule has 5 heteroatoms. The third-order valence-electron chi connectivity index (χ3n) is 2.14. The summed E-state index contributed by atoms with van der Waals surface area (Å²) in [7, 11) is 0. The summed E-state index contributed by atoms with van der Waals surface area (Å²) >= 11 is 1.16. The van der Waals surface area contributed by atoms with Crippen molar-refractivity contribution in [1.82, 2.24) is 9.97 Å². The Hall–Kier alpha value is -1.46. The van der Waals surface area contributed by atoms with Crippen molar-refractivity contribution in [3.63, 3.8) is 0 Å². The number of aromatic nitrogens is 2. The van der Waals surface area contributed by atoms with Crippen LogP contribution < -0.4 is 0 Å². The van der Waals surface area contributed by atoms with E-state index in [2.05, 4.69) is 9.97 Å². The zero-order chi connectivity index (χ0) is 12.3. The topological polar surface area (TPSA) is 46.0 Å². The Balaban J connectivity index is 2.21. The predicted molar refractivity (Wildman–Crippen MR) is 63.2 cm³/mol. The molecule has 0 saturated heterocycles. The first-order chi connectivity index (χ1) is 8.19. The quantitative estimate of drug-likeness (QED) is 0.850. The number of aliphatic hydroxyl groups excluding tert-OH is 1. The molecule has 88 valence electrons. The van der Waals surface area contributed by atoms with Gasteiger partial charge < -0.3 is 5.11 Å². The number of aliphatic hydroxyl groups is 1. The van der Waals surface area contributed by atoms with E-state index in [1.165, 1.54) is 6.07 Å². The largest absolute Gasteiger partial charge is 0.392 e. The summed E-state index contributed by atoms with van der Waals surface area (Å²) in [5, 5.41) is 9.38. The molecule has 0 aliphatic carbocycles. The van der Waals surface area contributed by atoms with Crippen LogP contribution in [-0.4, -0.2) is 15.1 Å². The second-order valence-electron chi connectivity index (χ2n) is 3.57. The van der Waals surface area contributed by atoms with Crippen LogP contribution in [0, 0.1) is 12.7 Å². The number of hydrogen-bond acceptors (Lipinski definition) is 4. The van der Waals surface area contributed by atoms with Gasteiger partial charge in [-0.3, -0.25) is 0 Å². The van der Waals surface area contributed by atoms with Crippen LogP contribution in [-0.2, 0) is 6.61 Å². The zero-order valence-corrected chi connectivity index (χ0v) is 10.0. The molecule has 0 aliphatic rings. The number of aryl methyl sites for hydroxylation is 1. The van der Waals surface area contributed by atoms with Gasteiger partial charge in [0.25, 0.3) is 0 Å². The summed E-state index contributed by atoms with van der Waals surface area (Å²) in [6, 6.07) is 4.62. The molecule has 0 unspecified atom stereocenters. The predicted octanol–water partition coefficient (Wildman–Crippen LogP) is 2.57. The van der Waals surface area contributed by atoms with Crippen LogP contribution in [0.2, 0.25) is 0 Å². The molecule has 0 radical (unpaired) electrons. The lowest BCUT2D eigenvalue weighted by molar-refractivity contribution is 0.281. The van der Waals surface area contributed by atoms with Gasteiger partial charge in [-0.15, -0.1) is 0 Å². The van der Waals surface area contributed by atoms with Gasteiger partial charge in [-0.1, -0.05) is 6.07 Å². The zero-order valence-electron chi connectivity index (χ0n) is 9.22. The van der Waals surface area contributed by atoms with Gasteiger partial charge in [-0.2, -0.15) is 0 Å². The normalized spacial score (nSPS) is 10.5. The molecule has 0 aliphatic heterocycles. The molecule has 1 aromatic carbocycles. The Morgan fingerprint density at radius 3 is 2.59 bits per heavy atom. The number of halogens is 1. The van der Waals surface area contributed by atoms with E-state index in [9.17, 15) is 4.39 Å². The van der Waals surface area contributed by atoms with Gasteiger partial charge in [0.2, 0.25) is 0 Å². The van der Waals surface area contributed by atoms with Crippen LogP contribution >= 0.6 is 11.8 Å². The van der Waals surface area contributed by atoms with Crippen molar-refractivity contribution in [3.05, 3.63) is 47.5 Å². The lowest BCUT2D eigenvalue weighted by atomic mass is 10.2. The van der Waals surface area contributed by atoms with E-state index in [1.807, 2.05) is 6.92 Å². The molecule has 0 spiro atoms. The van der Waals surface area contributed by atoms with E-state index >= 15 is 0 Å². The molecule has 1 aromatic heterocycles. The van der Waals surface area contributed by atoms with E-state index in [-0.39, 0.29) is 12.4 Å². The minimum atomic E-state index is -0.370. The highest BCUT2D eigenvalue weighted by molar-refractivity contribution is 7.99. The van der Waals surface area contributed by atoms with Crippen LogP contribution in [0.3, 0.4) is 0 Å². The highest BCUT2D eigenvalue weighted by Crippen LogP contribution is 2.27. The maximum Gasteiger partial charge on any atom is 0.192 e. The maximum absolute atomic E-state index is 13.6. The molecule has 0 saturated carbocycles. The van der Waals surface area contributed by atoms with Gasteiger partial charge in [0.15, 0.2) is 5.16 Å². The van der Waals surface area contributed by atoms with Gasteiger partial charge in [0.05, 0.1) is 11.5 Å². The van der Waals surface area contributed by atoms with Crippen LogP contribution in [0.4, 0.5) is 4.39 Å². The fourth-order valence-corrected chi connectivity index (χ4v) is 1.96. The summed E-state index contributed by atoms with van der Waals surface area (Å²) in [5.41, 5.74) is 1.52. The van der Waals surface area contributed by atoms with Crippen LogP contribution in [0.25, 0.3) is 0 Å². The van der Waals surface area contributed by atoms with E-state index in [4.69, 9.17) is 5.11 Å². The molecule has 0 fully saturated rings. The van der Waals surface area contributed by atoms with Gasteiger partial charge in [-0.05, 0) is 41.9 Å². The standard InChI is InChI=1S/C12H11FN2OS/c1-8-5-14-12(15-6-8)17-11-3-2-9(7-16)4-10(11)13/h2-6,16H,7H2,1H3. The lowest BCUT2D eigenvalue weighted by Gasteiger charge is -2.03. The fourth-order valence-electron chi connectivity index (χ4n) is 1.26.